The zero-order valence-corrected chi connectivity index (χ0v) is 11.5. The number of nitrogens with zero attached hydrogens (tertiary/aromatic N) is 2. The number of hydrogen-bond acceptors (Lipinski definition) is 4. The zero-order valence-electron chi connectivity index (χ0n) is 11.5. The van der Waals surface area contributed by atoms with Gasteiger partial charge < -0.3 is 20.3 Å². The van der Waals surface area contributed by atoms with E-state index in [2.05, 4.69) is 16.8 Å². The second-order valence-corrected chi connectivity index (χ2v) is 5.21. The van der Waals surface area contributed by atoms with E-state index in [0.717, 1.165) is 45.6 Å². The molecule has 1 saturated heterocycles. The number of rotatable bonds is 7. The standard InChI is InChI=1S/C13H25N3O2/c1-11(14)12(13(17)18)5-3-4-6-16-9-7-15(2)8-10-16/h12,14H,3-10H2,1-2H3,(H,17,18)/t12-/m1/s1. The van der Waals surface area contributed by atoms with Crippen molar-refractivity contribution in [1.29, 1.82) is 5.41 Å². The number of unbranched alkanes of at least 4 members (excludes halogenated alkanes) is 1. The molecule has 1 aliphatic heterocycles. The van der Waals surface area contributed by atoms with Crippen molar-refractivity contribution < 1.29 is 9.90 Å². The van der Waals surface area contributed by atoms with Crippen molar-refractivity contribution in [2.75, 3.05) is 39.8 Å². The first-order valence-electron chi connectivity index (χ1n) is 6.69. The zero-order chi connectivity index (χ0) is 13.5. The van der Waals surface area contributed by atoms with Crippen LogP contribution in [0.25, 0.3) is 0 Å². The van der Waals surface area contributed by atoms with Crippen molar-refractivity contribution in [3.8, 4) is 0 Å². The van der Waals surface area contributed by atoms with Gasteiger partial charge in [-0.15, -0.1) is 0 Å². The number of carboxylic acids is 1. The maximum Gasteiger partial charge on any atom is 0.312 e. The topological polar surface area (TPSA) is 67.6 Å². The van der Waals surface area contributed by atoms with Crippen molar-refractivity contribution >= 4 is 11.7 Å². The molecule has 1 aliphatic rings. The van der Waals surface area contributed by atoms with Crippen molar-refractivity contribution in [2.45, 2.75) is 26.2 Å². The summed E-state index contributed by atoms with van der Waals surface area (Å²) in [5.41, 5.74) is 0.266. The molecule has 0 amide bonds. The molecule has 0 saturated carbocycles. The summed E-state index contributed by atoms with van der Waals surface area (Å²) in [5, 5.41) is 16.4. The number of aliphatic carboxylic acids is 1. The minimum absolute atomic E-state index is 0.266. The van der Waals surface area contributed by atoms with Crippen LogP contribution < -0.4 is 0 Å². The molecule has 0 aromatic heterocycles. The van der Waals surface area contributed by atoms with E-state index in [-0.39, 0.29) is 5.71 Å². The Morgan fingerprint density at radius 2 is 1.89 bits per heavy atom. The summed E-state index contributed by atoms with van der Waals surface area (Å²) in [4.78, 5) is 15.7. The molecule has 0 radical (unpaired) electrons. The molecule has 0 aromatic rings. The number of piperazine rings is 1. The summed E-state index contributed by atoms with van der Waals surface area (Å²) in [6.45, 7) is 7.11. The summed E-state index contributed by atoms with van der Waals surface area (Å²) in [7, 11) is 2.14. The van der Waals surface area contributed by atoms with E-state index in [4.69, 9.17) is 10.5 Å². The van der Waals surface area contributed by atoms with Gasteiger partial charge in [0.1, 0.15) is 0 Å². The van der Waals surface area contributed by atoms with Gasteiger partial charge in [0, 0.05) is 31.9 Å². The molecule has 0 unspecified atom stereocenters. The third-order valence-electron chi connectivity index (χ3n) is 3.63. The molecule has 104 valence electrons. The molecule has 2 N–H and O–H groups in total. The molecule has 0 bridgehead atoms. The van der Waals surface area contributed by atoms with E-state index < -0.39 is 11.9 Å². The first kappa shape index (κ1) is 15.1. The molecule has 18 heavy (non-hydrogen) atoms. The van der Waals surface area contributed by atoms with Crippen molar-refractivity contribution in [2.24, 2.45) is 5.92 Å². The van der Waals surface area contributed by atoms with E-state index in [9.17, 15) is 4.79 Å². The van der Waals surface area contributed by atoms with Crippen LogP contribution >= 0.6 is 0 Å². The third-order valence-corrected chi connectivity index (χ3v) is 3.63. The van der Waals surface area contributed by atoms with Crippen LogP contribution in [0.3, 0.4) is 0 Å². The van der Waals surface area contributed by atoms with Crippen molar-refractivity contribution in [1.82, 2.24) is 9.80 Å². The highest BCUT2D eigenvalue weighted by atomic mass is 16.4. The lowest BCUT2D eigenvalue weighted by Crippen LogP contribution is -2.44. The predicted octanol–water partition coefficient (Wildman–Crippen LogP) is 1.14. The largest absolute Gasteiger partial charge is 0.481 e. The molecule has 5 nitrogen and oxygen atoms in total. The number of nitrogens with one attached hydrogen (secondary N) is 1. The second kappa shape index (κ2) is 7.48. The third kappa shape index (κ3) is 5.14. The normalized spacial score (nSPS) is 19.7. The quantitative estimate of drug-likeness (QED) is 0.529. The minimum atomic E-state index is -0.859. The van der Waals surface area contributed by atoms with Gasteiger partial charge in [0.25, 0.3) is 0 Å². The Hall–Kier alpha value is -0.940. The predicted molar refractivity (Wildman–Crippen MR) is 72.3 cm³/mol. The van der Waals surface area contributed by atoms with Gasteiger partial charge in [-0.25, -0.2) is 0 Å². The first-order chi connectivity index (χ1) is 8.50. The van der Waals surface area contributed by atoms with Gasteiger partial charge in [-0.3, -0.25) is 4.79 Å². The lowest BCUT2D eigenvalue weighted by Gasteiger charge is -2.32. The van der Waals surface area contributed by atoms with Gasteiger partial charge >= 0.3 is 5.97 Å². The van der Waals surface area contributed by atoms with Crippen LogP contribution in [0, 0.1) is 11.3 Å². The number of hydrogen-bond donors (Lipinski definition) is 2. The van der Waals surface area contributed by atoms with Crippen LogP contribution in [-0.4, -0.2) is 66.4 Å². The van der Waals surface area contributed by atoms with Gasteiger partial charge in [0.05, 0.1) is 5.92 Å². The van der Waals surface area contributed by atoms with Gasteiger partial charge in [0.15, 0.2) is 0 Å². The Labute approximate surface area is 109 Å². The van der Waals surface area contributed by atoms with Gasteiger partial charge in [-0.2, -0.15) is 0 Å². The summed E-state index contributed by atoms with van der Waals surface area (Å²) in [6.07, 6.45) is 2.51. The molecule has 1 fully saturated rings. The maximum absolute atomic E-state index is 10.9. The molecule has 1 rings (SSSR count). The molecule has 0 spiro atoms. The average molecular weight is 255 g/mol. The van der Waals surface area contributed by atoms with Gasteiger partial charge in [-0.1, -0.05) is 6.42 Å². The van der Waals surface area contributed by atoms with Crippen LogP contribution in [-0.2, 0) is 4.79 Å². The fourth-order valence-corrected chi connectivity index (χ4v) is 2.28. The Morgan fingerprint density at radius 3 is 2.39 bits per heavy atom. The van der Waals surface area contributed by atoms with E-state index in [0.29, 0.717) is 6.42 Å². The number of carbonyl (C=O) groups is 1. The Bertz CT molecular complexity index is 272. The summed E-state index contributed by atoms with van der Waals surface area (Å²) >= 11 is 0. The second-order valence-electron chi connectivity index (χ2n) is 5.21. The van der Waals surface area contributed by atoms with Crippen molar-refractivity contribution in [3.63, 3.8) is 0 Å². The SMILES string of the molecule is CC(=N)[C@@H](CCCCN1CCN(C)CC1)C(=O)O. The molecule has 0 aliphatic carbocycles. The minimum Gasteiger partial charge on any atom is -0.481 e. The van der Waals surface area contributed by atoms with Crippen LogP contribution in [0.2, 0.25) is 0 Å². The highest BCUT2D eigenvalue weighted by Gasteiger charge is 2.19. The Balaban J connectivity index is 2.14. The summed E-state index contributed by atoms with van der Waals surface area (Å²) < 4.78 is 0. The average Bonchev–Trinajstić information content (AvgIpc) is 2.30. The first-order valence-corrected chi connectivity index (χ1v) is 6.69. The highest BCUT2D eigenvalue weighted by molar-refractivity contribution is 5.98. The van der Waals surface area contributed by atoms with Crippen LogP contribution in [0.5, 0.6) is 0 Å². The van der Waals surface area contributed by atoms with Crippen LogP contribution in [0.1, 0.15) is 26.2 Å². The van der Waals surface area contributed by atoms with E-state index >= 15 is 0 Å². The summed E-state index contributed by atoms with van der Waals surface area (Å²) in [5.74, 6) is -1.44. The summed E-state index contributed by atoms with van der Waals surface area (Å²) in [6, 6.07) is 0. The fourth-order valence-electron chi connectivity index (χ4n) is 2.28. The number of carboxylic acid groups (broad SMARTS) is 1. The molecule has 1 heterocycles. The maximum atomic E-state index is 10.9. The molecule has 0 aromatic carbocycles. The lowest BCUT2D eigenvalue weighted by molar-refractivity contribution is -0.139. The van der Waals surface area contributed by atoms with Crippen LogP contribution in [0.15, 0.2) is 0 Å². The van der Waals surface area contributed by atoms with Gasteiger partial charge in [-0.05, 0) is 33.4 Å². The van der Waals surface area contributed by atoms with Gasteiger partial charge in [0.2, 0.25) is 0 Å². The molecular weight excluding hydrogens is 230 g/mol. The molecule has 5 heteroatoms. The molecular formula is C13H25N3O2. The number of likely N-dealkylation sites (N-methyl/N-ethyl adjacent to an activating group) is 1. The fraction of sp³-hybridized carbons (Fsp3) is 0.846. The Morgan fingerprint density at radius 1 is 1.28 bits per heavy atom. The van der Waals surface area contributed by atoms with Crippen molar-refractivity contribution in [3.05, 3.63) is 0 Å². The highest BCUT2D eigenvalue weighted by Crippen LogP contribution is 2.11. The monoisotopic (exact) mass is 255 g/mol. The lowest BCUT2D eigenvalue weighted by atomic mass is 9.97. The molecule has 1 atom stereocenters. The van der Waals surface area contributed by atoms with E-state index in [1.54, 1.807) is 6.92 Å². The Kier molecular flexibility index (Phi) is 6.29. The van der Waals surface area contributed by atoms with Crippen LogP contribution in [0.4, 0.5) is 0 Å². The van der Waals surface area contributed by atoms with E-state index in [1.165, 1.54) is 0 Å². The van der Waals surface area contributed by atoms with E-state index in [1.807, 2.05) is 0 Å². The smallest absolute Gasteiger partial charge is 0.312 e.